The Morgan fingerprint density at radius 2 is 1.46 bits per heavy atom. The Labute approximate surface area is 156 Å². The molecule has 0 spiro atoms. The Morgan fingerprint density at radius 3 is 1.96 bits per heavy atom. The highest BCUT2D eigenvalue weighted by molar-refractivity contribution is 5.85. The maximum Gasteiger partial charge on any atom is 0.413 e. The second-order valence-corrected chi connectivity index (χ2v) is 8.11. The van der Waals surface area contributed by atoms with Crippen molar-refractivity contribution in [3.8, 4) is 0 Å². The van der Waals surface area contributed by atoms with Crippen LogP contribution in [0.15, 0.2) is 0 Å². The Morgan fingerprint density at radius 1 is 0.964 bits per heavy atom. The van der Waals surface area contributed by atoms with Gasteiger partial charge in [-0.05, 0) is 0 Å². The molecule has 1 amide bonds. The van der Waals surface area contributed by atoms with Gasteiger partial charge in [-0.3, -0.25) is 10.00 Å². The van der Waals surface area contributed by atoms with Crippen LogP contribution in [-0.2, 0) is 11.8 Å². The zero-order chi connectivity index (χ0) is 20.5. The maximum absolute atomic E-state index is 13.4. The second-order valence-electron chi connectivity index (χ2n) is 8.11. The fraction of sp³-hybridized carbons (Fsp3) is 0.765. The fourth-order valence-electron chi connectivity index (χ4n) is 4.10. The van der Waals surface area contributed by atoms with Crippen molar-refractivity contribution < 1.29 is 35.9 Å². The molecule has 11 heteroatoms. The van der Waals surface area contributed by atoms with Crippen LogP contribution in [0.2, 0.25) is 0 Å². The molecule has 1 aromatic rings. The van der Waals surface area contributed by atoms with Gasteiger partial charge in [-0.15, -0.1) is 0 Å². The molecule has 156 valence electrons. The molecule has 0 aliphatic heterocycles. The van der Waals surface area contributed by atoms with Crippen molar-refractivity contribution in [1.82, 2.24) is 9.78 Å². The Hall–Kier alpha value is -1.94. The molecule has 28 heavy (non-hydrogen) atoms. The lowest BCUT2D eigenvalue weighted by Gasteiger charge is -2.39. The smallest absolute Gasteiger partial charge is 0.413 e. The van der Waals surface area contributed by atoms with Crippen LogP contribution >= 0.6 is 0 Å². The van der Waals surface area contributed by atoms with E-state index in [-0.39, 0.29) is 11.5 Å². The van der Waals surface area contributed by atoms with Crippen LogP contribution in [0.3, 0.4) is 0 Å². The van der Waals surface area contributed by atoms with Crippen LogP contribution in [0.1, 0.15) is 61.6 Å². The first-order valence-electron chi connectivity index (χ1n) is 9.02. The molecule has 0 saturated heterocycles. The highest BCUT2D eigenvalue weighted by Gasteiger charge is 2.53. The number of alkyl halides is 6. The quantitative estimate of drug-likeness (QED) is 0.725. The van der Waals surface area contributed by atoms with Crippen molar-refractivity contribution in [3.05, 3.63) is 11.3 Å². The van der Waals surface area contributed by atoms with Crippen LogP contribution in [0.25, 0.3) is 0 Å². The number of aryl methyl sites for hydroxylation is 1. The van der Waals surface area contributed by atoms with Gasteiger partial charge in [0, 0.05) is 63.0 Å². The molecule has 3 saturated carbocycles. The zero-order valence-electron chi connectivity index (χ0n) is 15.0. The molecule has 1 N–H and O–H groups in total. The molecule has 3 aliphatic carbocycles. The number of rotatable bonds is 4. The van der Waals surface area contributed by atoms with Gasteiger partial charge in [0.25, 0.3) is 5.92 Å². The lowest BCUT2D eigenvalue weighted by Crippen LogP contribution is -2.43. The number of nitrogens with zero attached hydrogens (tertiary/aromatic N) is 2. The minimum absolute atomic E-state index is 0.0850. The molecular weight excluding hydrogens is 392 g/mol. The van der Waals surface area contributed by atoms with Crippen molar-refractivity contribution in [2.24, 2.45) is 7.05 Å². The largest absolute Gasteiger partial charge is 0.445 e. The van der Waals surface area contributed by atoms with E-state index >= 15 is 0 Å². The van der Waals surface area contributed by atoms with Crippen molar-refractivity contribution >= 4 is 11.9 Å². The lowest BCUT2D eigenvalue weighted by atomic mass is 9.71. The van der Waals surface area contributed by atoms with Gasteiger partial charge in [0.05, 0.1) is 5.69 Å². The highest BCUT2D eigenvalue weighted by atomic mass is 19.3. The van der Waals surface area contributed by atoms with E-state index in [2.05, 4.69) is 10.4 Å². The second kappa shape index (κ2) is 6.03. The van der Waals surface area contributed by atoms with Crippen molar-refractivity contribution in [3.63, 3.8) is 0 Å². The van der Waals surface area contributed by atoms with Crippen LogP contribution in [0.5, 0.6) is 0 Å². The number of nitrogens with one attached hydrogen (secondary N) is 1. The molecular formula is C17H19F6N3O2. The van der Waals surface area contributed by atoms with Crippen LogP contribution in [-0.4, -0.2) is 39.7 Å². The van der Waals surface area contributed by atoms with Crippen molar-refractivity contribution in [1.29, 1.82) is 0 Å². The average Bonchev–Trinajstić information content (AvgIpc) is 2.76. The Bertz CT molecular complexity index is 785. The minimum Gasteiger partial charge on any atom is -0.445 e. The molecule has 1 heterocycles. The molecule has 0 atom stereocenters. The molecule has 0 radical (unpaired) electrons. The number of halogens is 6. The third kappa shape index (κ3) is 3.55. The van der Waals surface area contributed by atoms with Crippen LogP contribution < -0.4 is 5.32 Å². The first-order chi connectivity index (χ1) is 12.8. The van der Waals surface area contributed by atoms with Gasteiger partial charge in [0.15, 0.2) is 0 Å². The number of amides is 1. The monoisotopic (exact) mass is 411 g/mol. The van der Waals surface area contributed by atoms with E-state index in [0.29, 0.717) is 5.56 Å². The molecule has 5 nitrogen and oxygen atoms in total. The predicted molar refractivity (Wildman–Crippen MR) is 85.1 cm³/mol. The van der Waals surface area contributed by atoms with Gasteiger partial charge < -0.3 is 4.74 Å². The summed E-state index contributed by atoms with van der Waals surface area (Å²) < 4.78 is 85.2. The molecule has 1 aromatic heterocycles. The number of hydrogen-bond acceptors (Lipinski definition) is 3. The topological polar surface area (TPSA) is 56.2 Å². The third-order valence-electron chi connectivity index (χ3n) is 5.63. The van der Waals surface area contributed by atoms with E-state index in [1.54, 1.807) is 0 Å². The summed E-state index contributed by atoms with van der Waals surface area (Å²) in [6.45, 7) is 0. The van der Waals surface area contributed by atoms with Gasteiger partial charge >= 0.3 is 6.09 Å². The molecule has 3 aliphatic rings. The molecule has 0 bridgehead atoms. The minimum atomic E-state index is -2.86. The summed E-state index contributed by atoms with van der Waals surface area (Å²) in [6.07, 6.45) is -4.86. The van der Waals surface area contributed by atoms with E-state index in [1.807, 2.05) is 0 Å². The SMILES string of the molecule is Cn1nc(C2CC(F)(F)C2)c(C2CC(F)(F)C2)c1NC(=O)OC1CC(F)(F)C1. The van der Waals surface area contributed by atoms with Crippen molar-refractivity contribution in [2.75, 3.05) is 5.32 Å². The number of aromatic nitrogens is 2. The molecule has 0 unspecified atom stereocenters. The third-order valence-corrected chi connectivity index (χ3v) is 5.63. The normalized spacial score (nSPS) is 26.1. The van der Waals surface area contributed by atoms with E-state index in [4.69, 9.17) is 4.74 Å². The number of anilines is 1. The first kappa shape index (κ1) is 19.4. The standard InChI is InChI=1S/C17H19F6N3O2/c1-26-13(24-14(27)28-10-6-17(22,23)7-10)11(8-2-15(18,19)3-8)12(25-26)9-4-16(20,21)5-9/h8-10H,2-7H2,1H3,(H,24,27). The van der Waals surface area contributed by atoms with E-state index in [1.165, 1.54) is 11.7 Å². The van der Waals surface area contributed by atoms with Gasteiger partial charge in [0.2, 0.25) is 11.8 Å². The van der Waals surface area contributed by atoms with E-state index < -0.39 is 80.3 Å². The maximum atomic E-state index is 13.4. The number of carbonyl (C=O) groups excluding carboxylic acids is 1. The van der Waals surface area contributed by atoms with E-state index in [0.717, 1.165) is 0 Å². The van der Waals surface area contributed by atoms with Gasteiger partial charge in [-0.2, -0.15) is 5.10 Å². The number of hydrogen-bond donors (Lipinski definition) is 1. The number of ether oxygens (including phenoxy) is 1. The summed E-state index contributed by atoms with van der Waals surface area (Å²) >= 11 is 0. The van der Waals surface area contributed by atoms with E-state index in [9.17, 15) is 31.1 Å². The first-order valence-corrected chi connectivity index (χ1v) is 9.02. The Balaban J connectivity index is 1.52. The summed E-state index contributed by atoms with van der Waals surface area (Å²) in [7, 11) is 1.45. The summed E-state index contributed by atoms with van der Waals surface area (Å²) in [4.78, 5) is 12.1. The molecule has 3 fully saturated rings. The summed E-state index contributed by atoms with van der Waals surface area (Å²) in [5.41, 5.74) is 0.587. The predicted octanol–water partition coefficient (Wildman–Crippen LogP) is 4.79. The summed E-state index contributed by atoms with van der Waals surface area (Å²) in [5.74, 6) is -9.65. The average molecular weight is 411 g/mol. The Kier molecular flexibility index (Phi) is 4.17. The summed E-state index contributed by atoms with van der Waals surface area (Å²) in [5, 5.41) is 6.57. The number of carbonyl (C=O) groups is 1. The highest BCUT2D eigenvalue weighted by Crippen LogP contribution is 2.55. The molecule has 0 aromatic carbocycles. The van der Waals surface area contributed by atoms with Crippen LogP contribution in [0, 0.1) is 0 Å². The molecule has 4 rings (SSSR count). The lowest BCUT2D eigenvalue weighted by molar-refractivity contribution is -0.142. The van der Waals surface area contributed by atoms with Gasteiger partial charge in [-0.25, -0.2) is 31.1 Å². The van der Waals surface area contributed by atoms with Gasteiger partial charge in [0.1, 0.15) is 11.9 Å². The zero-order valence-corrected chi connectivity index (χ0v) is 15.0. The van der Waals surface area contributed by atoms with Crippen LogP contribution in [0.4, 0.5) is 37.0 Å². The summed E-state index contributed by atoms with van der Waals surface area (Å²) in [6, 6.07) is 0. The van der Waals surface area contributed by atoms with Gasteiger partial charge in [-0.1, -0.05) is 0 Å². The van der Waals surface area contributed by atoms with Crippen molar-refractivity contribution in [2.45, 2.75) is 74.2 Å². The fourth-order valence-corrected chi connectivity index (χ4v) is 4.10.